The molecule has 1 saturated heterocycles. The Balaban J connectivity index is 2.58. The predicted octanol–water partition coefficient (Wildman–Crippen LogP) is 3.82. The van der Waals surface area contributed by atoms with Crippen LogP contribution < -0.4 is 10.6 Å². The van der Waals surface area contributed by atoms with Crippen LogP contribution >= 0.6 is 0 Å². The molecule has 1 heterocycles. The number of rotatable bonds is 7. The highest BCUT2D eigenvalue weighted by molar-refractivity contribution is 4.92. The summed E-state index contributed by atoms with van der Waals surface area (Å²) in [6, 6.07) is 0.635. The first-order chi connectivity index (χ1) is 9.05. The average Bonchev–Trinajstić information content (AvgIpc) is 2.62. The summed E-state index contributed by atoms with van der Waals surface area (Å²) in [5.74, 6) is 1.53. The van der Waals surface area contributed by atoms with E-state index in [1.165, 1.54) is 45.2 Å². The van der Waals surface area contributed by atoms with Crippen molar-refractivity contribution in [2.75, 3.05) is 19.6 Å². The summed E-state index contributed by atoms with van der Waals surface area (Å²) in [5, 5.41) is 7.56. The highest BCUT2D eigenvalue weighted by atomic mass is 15.0. The molecular weight excluding hydrogens is 232 g/mol. The summed E-state index contributed by atoms with van der Waals surface area (Å²) < 4.78 is 0. The Labute approximate surface area is 121 Å². The van der Waals surface area contributed by atoms with Crippen LogP contribution in [0.25, 0.3) is 0 Å². The molecule has 114 valence electrons. The van der Waals surface area contributed by atoms with Crippen molar-refractivity contribution in [1.29, 1.82) is 0 Å². The first-order valence-electron chi connectivity index (χ1n) is 8.49. The van der Waals surface area contributed by atoms with E-state index in [2.05, 4.69) is 45.3 Å². The van der Waals surface area contributed by atoms with Gasteiger partial charge in [0.25, 0.3) is 0 Å². The molecule has 1 rings (SSSR count). The fourth-order valence-corrected chi connectivity index (χ4v) is 3.37. The van der Waals surface area contributed by atoms with Gasteiger partial charge in [-0.3, -0.25) is 0 Å². The zero-order valence-electron chi connectivity index (χ0n) is 13.9. The van der Waals surface area contributed by atoms with Gasteiger partial charge in [0.15, 0.2) is 0 Å². The predicted molar refractivity (Wildman–Crippen MR) is 85.5 cm³/mol. The molecule has 3 unspecified atom stereocenters. The molecule has 0 aromatic heterocycles. The Kier molecular flexibility index (Phi) is 7.38. The fraction of sp³-hybridized carbons (Fsp3) is 1.00. The summed E-state index contributed by atoms with van der Waals surface area (Å²) >= 11 is 0. The van der Waals surface area contributed by atoms with Crippen LogP contribution in [0.2, 0.25) is 0 Å². The quantitative estimate of drug-likeness (QED) is 0.686. The maximum atomic E-state index is 3.83. The second-order valence-corrected chi connectivity index (χ2v) is 6.98. The van der Waals surface area contributed by atoms with E-state index in [4.69, 9.17) is 0 Å². The minimum absolute atomic E-state index is 0.456. The molecule has 0 amide bonds. The zero-order chi connectivity index (χ0) is 14.3. The Morgan fingerprint density at radius 1 is 1.11 bits per heavy atom. The van der Waals surface area contributed by atoms with Gasteiger partial charge >= 0.3 is 0 Å². The summed E-state index contributed by atoms with van der Waals surface area (Å²) in [5.41, 5.74) is 0.456. The number of nitrogens with one attached hydrogen (secondary N) is 2. The average molecular weight is 268 g/mol. The minimum atomic E-state index is 0.456. The highest BCUT2D eigenvalue weighted by Crippen LogP contribution is 2.35. The van der Waals surface area contributed by atoms with Gasteiger partial charge in [0.1, 0.15) is 0 Å². The number of hydrogen-bond donors (Lipinski definition) is 2. The molecule has 0 saturated carbocycles. The van der Waals surface area contributed by atoms with E-state index in [1.807, 2.05) is 0 Å². The van der Waals surface area contributed by atoms with Crippen molar-refractivity contribution >= 4 is 0 Å². The lowest BCUT2D eigenvalue weighted by Crippen LogP contribution is -2.44. The smallest absolute Gasteiger partial charge is 0.0215 e. The van der Waals surface area contributed by atoms with Gasteiger partial charge in [-0.1, -0.05) is 60.3 Å². The van der Waals surface area contributed by atoms with E-state index in [-0.39, 0.29) is 0 Å². The van der Waals surface area contributed by atoms with Crippen LogP contribution in [0.3, 0.4) is 0 Å². The lowest BCUT2D eigenvalue weighted by molar-refractivity contribution is 0.152. The van der Waals surface area contributed by atoms with E-state index < -0.39 is 0 Å². The lowest BCUT2D eigenvalue weighted by atomic mass is 9.72. The Morgan fingerprint density at radius 3 is 2.42 bits per heavy atom. The third kappa shape index (κ3) is 4.75. The van der Waals surface area contributed by atoms with Crippen molar-refractivity contribution in [3.05, 3.63) is 0 Å². The van der Waals surface area contributed by atoms with Crippen molar-refractivity contribution in [3.8, 4) is 0 Å². The molecule has 1 fully saturated rings. The Morgan fingerprint density at radius 2 is 1.84 bits per heavy atom. The molecular formula is C17H36N2. The monoisotopic (exact) mass is 268 g/mol. The van der Waals surface area contributed by atoms with E-state index in [9.17, 15) is 0 Å². The molecule has 0 aromatic rings. The molecule has 0 aromatic carbocycles. The third-order valence-corrected chi connectivity index (χ3v) is 5.35. The van der Waals surface area contributed by atoms with Crippen LogP contribution in [0.4, 0.5) is 0 Å². The van der Waals surface area contributed by atoms with Crippen LogP contribution in [0.5, 0.6) is 0 Å². The van der Waals surface area contributed by atoms with E-state index in [1.54, 1.807) is 0 Å². The van der Waals surface area contributed by atoms with Crippen LogP contribution in [0.15, 0.2) is 0 Å². The van der Waals surface area contributed by atoms with Crippen LogP contribution in [-0.4, -0.2) is 25.7 Å². The normalized spacial score (nSPS) is 30.3. The fourth-order valence-electron chi connectivity index (χ4n) is 3.37. The molecule has 19 heavy (non-hydrogen) atoms. The molecule has 2 nitrogen and oxygen atoms in total. The van der Waals surface area contributed by atoms with E-state index >= 15 is 0 Å². The number of unbranched alkanes of at least 4 members (excludes halogenated alkanes) is 2. The standard InChI is InChI=1S/C17H36N2/c1-6-8-9-10-15(5)17(7-2)12-18-11-16(14(3)4)19-13-17/h14-16,18-19H,6-13H2,1-5H3. The van der Waals surface area contributed by atoms with Crippen molar-refractivity contribution < 1.29 is 0 Å². The topological polar surface area (TPSA) is 24.1 Å². The largest absolute Gasteiger partial charge is 0.315 e. The first-order valence-corrected chi connectivity index (χ1v) is 8.49. The van der Waals surface area contributed by atoms with Gasteiger partial charge < -0.3 is 10.6 Å². The third-order valence-electron chi connectivity index (χ3n) is 5.35. The zero-order valence-corrected chi connectivity index (χ0v) is 13.9. The summed E-state index contributed by atoms with van der Waals surface area (Å²) in [6.45, 7) is 15.3. The van der Waals surface area contributed by atoms with E-state index in [0.717, 1.165) is 18.4 Å². The summed E-state index contributed by atoms with van der Waals surface area (Å²) in [6.07, 6.45) is 6.78. The second-order valence-electron chi connectivity index (χ2n) is 6.98. The Bertz CT molecular complexity index is 239. The molecule has 1 aliphatic rings. The van der Waals surface area contributed by atoms with Gasteiger partial charge in [0.05, 0.1) is 0 Å². The van der Waals surface area contributed by atoms with Crippen molar-refractivity contribution in [3.63, 3.8) is 0 Å². The highest BCUT2D eigenvalue weighted by Gasteiger charge is 2.36. The van der Waals surface area contributed by atoms with Crippen LogP contribution in [-0.2, 0) is 0 Å². The molecule has 1 aliphatic heterocycles. The molecule has 3 atom stereocenters. The minimum Gasteiger partial charge on any atom is -0.315 e. The van der Waals surface area contributed by atoms with Gasteiger partial charge in [0, 0.05) is 25.7 Å². The number of hydrogen-bond acceptors (Lipinski definition) is 2. The first kappa shape index (κ1) is 17.0. The molecule has 2 N–H and O–H groups in total. The van der Waals surface area contributed by atoms with Gasteiger partial charge in [-0.2, -0.15) is 0 Å². The van der Waals surface area contributed by atoms with Crippen LogP contribution in [0.1, 0.15) is 66.7 Å². The second kappa shape index (κ2) is 8.26. The van der Waals surface area contributed by atoms with Gasteiger partial charge in [-0.15, -0.1) is 0 Å². The van der Waals surface area contributed by atoms with Crippen LogP contribution in [0, 0.1) is 17.3 Å². The lowest BCUT2D eigenvalue weighted by Gasteiger charge is -2.38. The molecule has 0 spiro atoms. The summed E-state index contributed by atoms with van der Waals surface area (Å²) in [4.78, 5) is 0. The van der Waals surface area contributed by atoms with Gasteiger partial charge in [-0.05, 0) is 23.7 Å². The van der Waals surface area contributed by atoms with Crippen molar-refractivity contribution in [1.82, 2.24) is 10.6 Å². The molecule has 2 heteroatoms. The van der Waals surface area contributed by atoms with Crippen molar-refractivity contribution in [2.45, 2.75) is 72.8 Å². The van der Waals surface area contributed by atoms with Crippen molar-refractivity contribution in [2.24, 2.45) is 17.3 Å². The SMILES string of the molecule is CCCCCC(C)C1(CC)CNCC(C(C)C)NC1. The van der Waals surface area contributed by atoms with Gasteiger partial charge in [-0.25, -0.2) is 0 Å². The summed E-state index contributed by atoms with van der Waals surface area (Å²) in [7, 11) is 0. The molecule has 0 bridgehead atoms. The maximum Gasteiger partial charge on any atom is 0.0215 e. The van der Waals surface area contributed by atoms with Gasteiger partial charge in [0.2, 0.25) is 0 Å². The molecule has 0 aliphatic carbocycles. The maximum absolute atomic E-state index is 3.83. The Hall–Kier alpha value is -0.0800. The van der Waals surface area contributed by atoms with E-state index in [0.29, 0.717) is 11.5 Å². The molecule has 0 radical (unpaired) electrons.